The fraction of sp³-hybridized carbons (Fsp3) is 0.364. The van der Waals surface area contributed by atoms with Crippen LogP contribution in [0.1, 0.15) is 0 Å². The number of amides is 1. The molecular weight excluding hydrogens is 436 g/mol. The van der Waals surface area contributed by atoms with Gasteiger partial charge in [0.25, 0.3) is 0 Å². The molecule has 3 heterocycles. The Hall–Kier alpha value is -2.85. The Labute approximate surface area is 189 Å². The molecule has 3 aliphatic rings. The SMILES string of the molecule is N/C=C\NCC1CN(c2cc(F)c(-c3cccnc3)c(F)c2)C(=O)O1.NC1[C@H]2CSC[C@@H]12. The first-order valence-corrected chi connectivity index (χ1v) is 11.5. The first-order chi connectivity index (χ1) is 15.5. The zero-order chi connectivity index (χ0) is 22.7. The number of carbonyl (C=O) groups is 1. The Bertz CT molecular complexity index is 961. The Morgan fingerprint density at radius 3 is 2.56 bits per heavy atom. The summed E-state index contributed by atoms with van der Waals surface area (Å²) in [6.07, 6.45) is 4.61. The van der Waals surface area contributed by atoms with Crippen molar-refractivity contribution >= 4 is 23.5 Å². The van der Waals surface area contributed by atoms with Gasteiger partial charge < -0.3 is 21.5 Å². The van der Waals surface area contributed by atoms with Crippen LogP contribution < -0.4 is 21.7 Å². The fourth-order valence-corrected chi connectivity index (χ4v) is 5.51. The highest BCUT2D eigenvalue weighted by molar-refractivity contribution is 7.99. The second-order valence-corrected chi connectivity index (χ2v) is 8.93. The van der Waals surface area contributed by atoms with E-state index in [4.69, 9.17) is 16.2 Å². The Morgan fingerprint density at radius 2 is 2.00 bits per heavy atom. The second-order valence-electron chi connectivity index (χ2n) is 7.85. The summed E-state index contributed by atoms with van der Waals surface area (Å²) in [4.78, 5) is 17.0. The average molecular weight is 462 g/mol. The number of cyclic esters (lactones) is 1. The summed E-state index contributed by atoms with van der Waals surface area (Å²) in [5.74, 6) is 2.97. The van der Waals surface area contributed by atoms with Gasteiger partial charge in [-0.2, -0.15) is 11.8 Å². The first kappa shape index (κ1) is 22.3. The van der Waals surface area contributed by atoms with Crippen LogP contribution in [0.2, 0.25) is 0 Å². The lowest BCUT2D eigenvalue weighted by molar-refractivity contribution is 0.142. The van der Waals surface area contributed by atoms with Gasteiger partial charge in [-0.05, 0) is 41.5 Å². The van der Waals surface area contributed by atoms with Gasteiger partial charge in [-0.3, -0.25) is 9.88 Å². The predicted octanol–water partition coefficient (Wildman–Crippen LogP) is 2.68. The zero-order valence-corrected chi connectivity index (χ0v) is 18.1. The van der Waals surface area contributed by atoms with Gasteiger partial charge in [0.05, 0.1) is 24.3 Å². The zero-order valence-electron chi connectivity index (χ0n) is 17.3. The van der Waals surface area contributed by atoms with Crippen molar-refractivity contribution < 1.29 is 18.3 Å². The van der Waals surface area contributed by atoms with E-state index in [9.17, 15) is 13.6 Å². The molecule has 2 aliphatic heterocycles. The molecule has 1 aliphatic carbocycles. The van der Waals surface area contributed by atoms with Crippen molar-refractivity contribution in [1.29, 1.82) is 0 Å². The highest BCUT2D eigenvalue weighted by Crippen LogP contribution is 2.47. The van der Waals surface area contributed by atoms with Gasteiger partial charge in [-0.1, -0.05) is 6.07 Å². The largest absolute Gasteiger partial charge is 0.442 e. The lowest BCUT2D eigenvalue weighted by atomic mass is 10.1. The molecule has 2 saturated heterocycles. The number of halogens is 2. The Balaban J connectivity index is 0.000000292. The topological polar surface area (TPSA) is 106 Å². The van der Waals surface area contributed by atoms with Crippen molar-refractivity contribution in [1.82, 2.24) is 10.3 Å². The number of pyridine rings is 1. The van der Waals surface area contributed by atoms with Gasteiger partial charge in [0.1, 0.15) is 17.7 Å². The van der Waals surface area contributed by atoms with Crippen LogP contribution in [0.3, 0.4) is 0 Å². The van der Waals surface area contributed by atoms with Crippen molar-refractivity contribution in [2.75, 3.05) is 29.5 Å². The molecule has 7 nitrogen and oxygen atoms in total. The van der Waals surface area contributed by atoms with Crippen LogP contribution >= 0.6 is 11.8 Å². The first-order valence-electron chi connectivity index (χ1n) is 10.3. The molecule has 1 amide bonds. The molecule has 5 rings (SSSR count). The lowest BCUT2D eigenvalue weighted by Gasteiger charge is -2.15. The molecule has 32 heavy (non-hydrogen) atoms. The molecular formula is C22H25F2N5O2S. The number of rotatable bonds is 5. The molecule has 170 valence electrons. The summed E-state index contributed by atoms with van der Waals surface area (Å²) < 4.78 is 34.0. The van der Waals surface area contributed by atoms with Crippen LogP contribution in [0.5, 0.6) is 0 Å². The summed E-state index contributed by atoms with van der Waals surface area (Å²) in [6.45, 7) is 0.518. The van der Waals surface area contributed by atoms with E-state index in [-0.39, 0.29) is 17.8 Å². The summed E-state index contributed by atoms with van der Waals surface area (Å²) in [5, 5.41) is 2.86. The minimum atomic E-state index is -0.775. The fourth-order valence-electron chi connectivity index (χ4n) is 3.89. The molecule has 1 aromatic carbocycles. The molecule has 2 unspecified atom stereocenters. The van der Waals surface area contributed by atoms with Gasteiger partial charge in [-0.25, -0.2) is 13.6 Å². The average Bonchev–Trinajstić information content (AvgIpc) is 3.14. The van der Waals surface area contributed by atoms with Crippen LogP contribution in [0.4, 0.5) is 19.3 Å². The van der Waals surface area contributed by atoms with E-state index in [1.54, 1.807) is 12.1 Å². The number of hydrogen-bond acceptors (Lipinski definition) is 7. The molecule has 2 aromatic rings. The minimum absolute atomic E-state index is 0.101. The predicted molar refractivity (Wildman–Crippen MR) is 121 cm³/mol. The highest BCUT2D eigenvalue weighted by atomic mass is 32.2. The van der Waals surface area contributed by atoms with Crippen molar-refractivity contribution in [2.24, 2.45) is 23.3 Å². The van der Waals surface area contributed by atoms with Gasteiger partial charge in [-0.15, -0.1) is 0 Å². The van der Waals surface area contributed by atoms with Crippen LogP contribution in [-0.2, 0) is 4.74 Å². The number of nitrogens with zero attached hydrogens (tertiary/aromatic N) is 2. The quantitative estimate of drug-likeness (QED) is 0.629. The maximum absolute atomic E-state index is 14.4. The van der Waals surface area contributed by atoms with E-state index in [1.165, 1.54) is 41.2 Å². The van der Waals surface area contributed by atoms with E-state index in [0.717, 1.165) is 24.0 Å². The number of nitrogens with one attached hydrogen (secondary N) is 1. The molecule has 0 spiro atoms. The molecule has 4 atom stereocenters. The van der Waals surface area contributed by atoms with Gasteiger partial charge in [0, 0.05) is 36.4 Å². The number of ether oxygens (including phenoxy) is 1. The smallest absolute Gasteiger partial charge is 0.414 e. The van der Waals surface area contributed by atoms with Gasteiger partial charge in [0.15, 0.2) is 0 Å². The van der Waals surface area contributed by atoms with Crippen LogP contribution in [0.15, 0.2) is 49.1 Å². The normalized spacial score (nSPS) is 25.8. The number of hydrogen-bond donors (Lipinski definition) is 3. The number of carbonyl (C=O) groups excluding carboxylic acids is 1. The molecule has 0 bridgehead atoms. The van der Waals surface area contributed by atoms with E-state index in [2.05, 4.69) is 22.1 Å². The molecule has 5 N–H and O–H groups in total. The third-order valence-electron chi connectivity index (χ3n) is 5.74. The summed E-state index contributed by atoms with van der Waals surface area (Å²) in [5.41, 5.74) is 11.1. The summed E-state index contributed by atoms with van der Waals surface area (Å²) >= 11 is 2.06. The maximum atomic E-state index is 14.4. The van der Waals surface area contributed by atoms with Crippen molar-refractivity contribution in [2.45, 2.75) is 12.1 Å². The van der Waals surface area contributed by atoms with E-state index in [0.29, 0.717) is 18.2 Å². The number of benzene rings is 1. The van der Waals surface area contributed by atoms with Crippen LogP contribution in [-0.4, -0.2) is 47.8 Å². The monoisotopic (exact) mass is 461 g/mol. The number of fused-ring (bicyclic) bond motifs is 1. The van der Waals surface area contributed by atoms with E-state index < -0.39 is 23.8 Å². The minimum Gasteiger partial charge on any atom is -0.442 e. The van der Waals surface area contributed by atoms with Crippen LogP contribution in [0.25, 0.3) is 11.1 Å². The number of nitrogens with two attached hydrogens (primary N) is 2. The third kappa shape index (κ3) is 4.81. The third-order valence-corrected chi connectivity index (χ3v) is 6.98. The Morgan fingerprint density at radius 1 is 1.28 bits per heavy atom. The van der Waals surface area contributed by atoms with Crippen molar-refractivity contribution in [3.63, 3.8) is 0 Å². The standard InChI is InChI=1S/C17H16F2N4O2.C5H9NS/c18-14-6-12(7-15(19)16(14)11-2-1-4-21-8-11)23-10-13(25-17(23)24)9-22-5-3-20;6-5-3-1-7-2-4(3)5/h1-8,13,22H,9-10,20H2;3-5H,1-2,6H2/b5-3-;/t;3-,4+,5?. The van der Waals surface area contributed by atoms with Crippen LogP contribution in [0, 0.1) is 23.5 Å². The molecule has 1 aromatic heterocycles. The van der Waals surface area contributed by atoms with Gasteiger partial charge in [0.2, 0.25) is 0 Å². The number of anilines is 1. The Kier molecular flexibility index (Phi) is 6.80. The molecule has 0 radical (unpaired) electrons. The van der Waals surface area contributed by atoms with E-state index >= 15 is 0 Å². The van der Waals surface area contributed by atoms with Gasteiger partial charge >= 0.3 is 6.09 Å². The molecule has 3 fully saturated rings. The number of aromatic nitrogens is 1. The summed E-state index contributed by atoms with van der Waals surface area (Å²) in [6, 6.07) is 5.98. The molecule has 1 saturated carbocycles. The summed E-state index contributed by atoms with van der Waals surface area (Å²) in [7, 11) is 0. The van der Waals surface area contributed by atoms with Crippen molar-refractivity contribution in [3.05, 3.63) is 60.7 Å². The van der Waals surface area contributed by atoms with Crippen molar-refractivity contribution in [3.8, 4) is 11.1 Å². The maximum Gasteiger partial charge on any atom is 0.414 e. The van der Waals surface area contributed by atoms with E-state index in [1.807, 2.05) is 0 Å². The highest BCUT2D eigenvalue weighted by Gasteiger charge is 2.50. The lowest BCUT2D eigenvalue weighted by Crippen LogP contribution is -2.29. The molecule has 10 heteroatoms. The second kappa shape index (κ2) is 9.74. The number of thioether (sulfide) groups is 1.